The van der Waals surface area contributed by atoms with Crippen molar-refractivity contribution in [2.45, 2.75) is 82.0 Å². The largest absolute Gasteiger partial charge is 0.412 e. The maximum atomic E-state index is 13.0. The van der Waals surface area contributed by atoms with E-state index in [2.05, 4.69) is 33.9 Å². The Bertz CT molecular complexity index is 650. The third kappa shape index (κ3) is 6.04. The Balaban J connectivity index is 2.30. The van der Waals surface area contributed by atoms with Crippen LogP contribution >= 0.6 is 11.6 Å². The smallest absolute Gasteiger partial charge is 0.241 e. The Morgan fingerprint density at radius 1 is 1.14 bits per heavy atom. The van der Waals surface area contributed by atoms with Gasteiger partial charge in [0.25, 0.3) is 0 Å². The number of aliphatic hydroxyl groups excluding tert-OH is 2. The van der Waals surface area contributed by atoms with Gasteiger partial charge in [-0.05, 0) is 23.7 Å². The molecule has 0 bridgehead atoms. The SMILES string of the molecule is CC(C)(C)[Si](C)(C)O[C@@H]1C[C@@H](O)[C@H](O)C[C@@H](Cl)C(=O)N(Cc2ccccc2)C1. The van der Waals surface area contributed by atoms with Gasteiger partial charge >= 0.3 is 0 Å². The fourth-order valence-electron chi connectivity index (χ4n) is 3.13. The van der Waals surface area contributed by atoms with Crippen LogP contribution < -0.4 is 0 Å². The standard InChI is InChI=1S/C21H34ClNO4Si/c1-21(2,3)28(4,5)27-16-11-18(24)19(25)12-17(22)20(26)23(14-16)13-15-9-7-6-8-10-15/h6-10,16-19,24-25H,11-14H2,1-5H3/t16-,17-,18-,19-/m1/s1. The molecule has 0 saturated carbocycles. The summed E-state index contributed by atoms with van der Waals surface area (Å²) in [6.07, 6.45) is -2.08. The Labute approximate surface area is 174 Å². The number of hydrogen-bond donors (Lipinski definition) is 2. The van der Waals surface area contributed by atoms with Crippen molar-refractivity contribution in [3.63, 3.8) is 0 Å². The van der Waals surface area contributed by atoms with Gasteiger partial charge < -0.3 is 19.5 Å². The molecule has 2 rings (SSSR count). The van der Waals surface area contributed by atoms with Crippen LogP contribution in [0.4, 0.5) is 0 Å². The highest BCUT2D eigenvalue weighted by molar-refractivity contribution is 6.74. The minimum Gasteiger partial charge on any atom is -0.412 e. The van der Waals surface area contributed by atoms with Gasteiger partial charge in [-0.15, -0.1) is 11.6 Å². The summed E-state index contributed by atoms with van der Waals surface area (Å²) in [4.78, 5) is 14.7. The lowest BCUT2D eigenvalue weighted by atomic mass is 10.0. The number of aliphatic hydroxyl groups is 2. The summed E-state index contributed by atoms with van der Waals surface area (Å²) >= 11 is 6.30. The number of hydrogen-bond acceptors (Lipinski definition) is 4. The summed E-state index contributed by atoms with van der Waals surface area (Å²) in [6.45, 7) is 11.5. The molecule has 7 heteroatoms. The minimum atomic E-state index is -2.12. The molecule has 1 amide bonds. The normalized spacial score (nSPS) is 27.9. The van der Waals surface area contributed by atoms with E-state index in [1.165, 1.54) is 0 Å². The molecular weight excluding hydrogens is 394 g/mol. The maximum absolute atomic E-state index is 13.0. The number of amides is 1. The van der Waals surface area contributed by atoms with Gasteiger partial charge in [-0.25, -0.2) is 0 Å². The molecule has 1 saturated heterocycles. The lowest BCUT2D eigenvalue weighted by Gasteiger charge is -2.41. The number of carbonyl (C=O) groups is 1. The summed E-state index contributed by atoms with van der Waals surface area (Å²) < 4.78 is 6.54. The first kappa shape index (κ1) is 23.4. The van der Waals surface area contributed by atoms with E-state index < -0.39 is 25.9 Å². The Hall–Kier alpha value is -0.923. The van der Waals surface area contributed by atoms with E-state index in [1.54, 1.807) is 4.90 Å². The summed E-state index contributed by atoms with van der Waals surface area (Å²) in [7, 11) is -2.12. The lowest BCUT2D eigenvalue weighted by Crippen LogP contribution is -2.49. The number of benzene rings is 1. The topological polar surface area (TPSA) is 70.0 Å². The second-order valence-electron chi connectivity index (χ2n) is 9.28. The van der Waals surface area contributed by atoms with E-state index in [-0.39, 0.29) is 29.9 Å². The molecular formula is C21H34ClNO4Si. The third-order valence-corrected chi connectivity index (χ3v) is 10.8. The molecule has 28 heavy (non-hydrogen) atoms. The molecule has 0 aromatic heterocycles. The fraction of sp³-hybridized carbons (Fsp3) is 0.667. The van der Waals surface area contributed by atoms with Crippen LogP contribution in [0, 0.1) is 0 Å². The van der Waals surface area contributed by atoms with Gasteiger partial charge in [0.2, 0.25) is 5.91 Å². The molecule has 4 atom stereocenters. The molecule has 5 nitrogen and oxygen atoms in total. The number of halogens is 1. The molecule has 1 aliphatic rings. The zero-order valence-electron chi connectivity index (χ0n) is 17.6. The number of carbonyl (C=O) groups excluding carboxylic acids is 1. The Kier molecular flexibility index (Phi) is 7.73. The summed E-state index contributed by atoms with van der Waals surface area (Å²) in [5.74, 6) is -0.234. The predicted octanol–water partition coefficient (Wildman–Crippen LogP) is 3.53. The summed E-state index contributed by atoms with van der Waals surface area (Å²) in [5, 5.41) is 19.9. The highest BCUT2D eigenvalue weighted by atomic mass is 35.5. The first-order valence-corrected chi connectivity index (χ1v) is 13.3. The van der Waals surface area contributed by atoms with Gasteiger partial charge in [0.1, 0.15) is 5.38 Å². The summed E-state index contributed by atoms with van der Waals surface area (Å²) in [5.41, 5.74) is 1.01. The second-order valence-corrected chi connectivity index (χ2v) is 14.6. The molecule has 0 aliphatic carbocycles. The number of rotatable bonds is 4. The van der Waals surface area contributed by atoms with Crippen LogP contribution in [0.1, 0.15) is 39.2 Å². The monoisotopic (exact) mass is 427 g/mol. The highest BCUT2D eigenvalue weighted by Crippen LogP contribution is 2.38. The van der Waals surface area contributed by atoms with E-state index in [1.807, 2.05) is 30.3 Å². The molecule has 0 radical (unpaired) electrons. The molecule has 1 heterocycles. The fourth-order valence-corrected chi connectivity index (χ4v) is 4.81. The lowest BCUT2D eigenvalue weighted by molar-refractivity contribution is -0.133. The number of nitrogens with zero attached hydrogens (tertiary/aromatic N) is 1. The zero-order chi connectivity index (χ0) is 21.1. The van der Waals surface area contributed by atoms with Crippen LogP contribution in [0.3, 0.4) is 0 Å². The molecule has 0 spiro atoms. The van der Waals surface area contributed by atoms with E-state index in [0.29, 0.717) is 13.1 Å². The van der Waals surface area contributed by atoms with Crippen molar-refractivity contribution in [3.05, 3.63) is 35.9 Å². The third-order valence-electron chi connectivity index (χ3n) is 5.88. The van der Waals surface area contributed by atoms with Crippen LogP contribution in [-0.4, -0.2) is 59.6 Å². The van der Waals surface area contributed by atoms with E-state index >= 15 is 0 Å². The van der Waals surface area contributed by atoms with Gasteiger partial charge in [-0.3, -0.25) is 4.79 Å². The summed E-state index contributed by atoms with van der Waals surface area (Å²) in [6, 6.07) is 9.74. The van der Waals surface area contributed by atoms with Gasteiger partial charge in [0.15, 0.2) is 8.32 Å². The van der Waals surface area contributed by atoms with E-state index in [0.717, 1.165) is 5.56 Å². The molecule has 1 aliphatic heterocycles. The van der Waals surface area contributed by atoms with E-state index in [4.69, 9.17) is 16.0 Å². The molecule has 1 aromatic carbocycles. The van der Waals surface area contributed by atoms with Gasteiger partial charge in [0, 0.05) is 25.9 Å². The maximum Gasteiger partial charge on any atom is 0.241 e. The van der Waals surface area contributed by atoms with Crippen molar-refractivity contribution in [3.8, 4) is 0 Å². The minimum absolute atomic E-state index is 0.00170. The van der Waals surface area contributed by atoms with Gasteiger partial charge in [-0.2, -0.15) is 0 Å². The van der Waals surface area contributed by atoms with Crippen LogP contribution in [0.25, 0.3) is 0 Å². The van der Waals surface area contributed by atoms with Crippen molar-refractivity contribution in [2.24, 2.45) is 0 Å². The second kappa shape index (κ2) is 9.26. The van der Waals surface area contributed by atoms with Crippen molar-refractivity contribution in [1.82, 2.24) is 4.90 Å². The average molecular weight is 428 g/mol. The first-order valence-electron chi connectivity index (χ1n) is 9.91. The quantitative estimate of drug-likeness (QED) is 0.569. The van der Waals surface area contributed by atoms with Crippen molar-refractivity contribution >= 4 is 25.8 Å². The zero-order valence-corrected chi connectivity index (χ0v) is 19.3. The van der Waals surface area contributed by atoms with Crippen molar-refractivity contribution in [2.75, 3.05) is 6.54 Å². The molecule has 0 unspecified atom stereocenters. The van der Waals surface area contributed by atoms with Gasteiger partial charge in [-0.1, -0.05) is 51.1 Å². The Morgan fingerprint density at radius 2 is 1.71 bits per heavy atom. The van der Waals surface area contributed by atoms with Gasteiger partial charge in [0.05, 0.1) is 18.3 Å². The highest BCUT2D eigenvalue weighted by Gasteiger charge is 2.41. The first-order chi connectivity index (χ1) is 12.9. The van der Waals surface area contributed by atoms with Crippen molar-refractivity contribution in [1.29, 1.82) is 0 Å². The van der Waals surface area contributed by atoms with Crippen LogP contribution in [0.5, 0.6) is 0 Å². The van der Waals surface area contributed by atoms with Crippen molar-refractivity contribution < 1.29 is 19.4 Å². The number of alkyl halides is 1. The molecule has 158 valence electrons. The predicted molar refractivity (Wildman–Crippen MR) is 115 cm³/mol. The van der Waals surface area contributed by atoms with Crippen LogP contribution in [0.15, 0.2) is 30.3 Å². The van der Waals surface area contributed by atoms with Crippen LogP contribution in [0.2, 0.25) is 18.1 Å². The van der Waals surface area contributed by atoms with E-state index in [9.17, 15) is 15.0 Å². The average Bonchev–Trinajstić information content (AvgIpc) is 2.62. The molecule has 1 fully saturated rings. The Morgan fingerprint density at radius 3 is 2.29 bits per heavy atom. The molecule has 2 N–H and O–H groups in total. The molecule has 1 aromatic rings. The van der Waals surface area contributed by atoms with Crippen LogP contribution in [-0.2, 0) is 15.8 Å².